The molecule has 0 spiro atoms. The van der Waals surface area contributed by atoms with E-state index >= 15 is 0 Å². The number of nitrogens with zero attached hydrogens (tertiary/aromatic N) is 3. The van der Waals surface area contributed by atoms with Gasteiger partial charge in [-0.15, -0.1) is 0 Å². The number of nitrogens with two attached hydrogens (primary N) is 1. The van der Waals surface area contributed by atoms with E-state index in [1.165, 1.54) is 0 Å². The Labute approximate surface area is 100 Å². The molecule has 2 rings (SSSR count). The Morgan fingerprint density at radius 1 is 1.47 bits per heavy atom. The Hall–Kier alpha value is -1.69. The fraction of sp³-hybridized carbons (Fsp3) is 0.545. The second kappa shape index (κ2) is 4.29. The van der Waals surface area contributed by atoms with Gasteiger partial charge in [0, 0.05) is 32.0 Å². The lowest BCUT2D eigenvalue weighted by atomic mass is 9.98. The summed E-state index contributed by atoms with van der Waals surface area (Å²) in [6.07, 6.45) is 3.24. The predicted octanol–water partition coefficient (Wildman–Crippen LogP) is -0.350. The molecule has 6 heteroatoms. The monoisotopic (exact) mass is 235 g/mol. The van der Waals surface area contributed by atoms with Crippen LogP contribution in [0.4, 0.5) is 5.82 Å². The molecule has 0 aromatic carbocycles. The van der Waals surface area contributed by atoms with Crippen LogP contribution in [0, 0.1) is 0 Å². The number of hydrogen-bond donors (Lipinski definition) is 2. The summed E-state index contributed by atoms with van der Waals surface area (Å²) in [5.74, 6) is 0.701. The third-order valence-electron chi connectivity index (χ3n) is 3.05. The van der Waals surface area contributed by atoms with Crippen LogP contribution in [0.25, 0.3) is 0 Å². The molecule has 1 saturated heterocycles. The molecule has 0 atom stereocenters. The van der Waals surface area contributed by atoms with Crippen molar-refractivity contribution in [3.63, 3.8) is 0 Å². The molecule has 0 bridgehead atoms. The first-order valence-corrected chi connectivity index (χ1v) is 5.63. The SMILES string of the molecule is CC1(C)C(=O)NCCN1c1nccnc1CN. The van der Waals surface area contributed by atoms with Gasteiger partial charge in [0.05, 0.1) is 5.69 Å². The number of carbonyl (C=O) groups is 1. The summed E-state index contributed by atoms with van der Waals surface area (Å²) in [6, 6.07) is 0. The largest absolute Gasteiger partial charge is 0.352 e. The quantitative estimate of drug-likeness (QED) is 0.732. The van der Waals surface area contributed by atoms with Gasteiger partial charge in [0.15, 0.2) is 5.82 Å². The number of rotatable bonds is 2. The van der Waals surface area contributed by atoms with Crippen molar-refractivity contribution in [1.82, 2.24) is 15.3 Å². The van der Waals surface area contributed by atoms with Crippen molar-refractivity contribution in [3.05, 3.63) is 18.1 Å². The van der Waals surface area contributed by atoms with Crippen LogP contribution in [0.15, 0.2) is 12.4 Å². The van der Waals surface area contributed by atoms with Gasteiger partial charge in [-0.2, -0.15) is 0 Å². The van der Waals surface area contributed by atoms with Gasteiger partial charge >= 0.3 is 0 Å². The Bertz CT molecular complexity index is 432. The highest BCUT2D eigenvalue weighted by atomic mass is 16.2. The number of aromatic nitrogens is 2. The van der Waals surface area contributed by atoms with Gasteiger partial charge in [-0.05, 0) is 13.8 Å². The number of anilines is 1. The van der Waals surface area contributed by atoms with E-state index in [0.29, 0.717) is 25.5 Å². The van der Waals surface area contributed by atoms with E-state index in [0.717, 1.165) is 5.69 Å². The molecule has 3 N–H and O–H groups in total. The summed E-state index contributed by atoms with van der Waals surface area (Å²) in [6.45, 7) is 5.39. The van der Waals surface area contributed by atoms with Crippen molar-refractivity contribution < 1.29 is 4.79 Å². The van der Waals surface area contributed by atoms with Crippen LogP contribution in [0.3, 0.4) is 0 Å². The molecule has 92 valence electrons. The van der Waals surface area contributed by atoms with Crippen LogP contribution < -0.4 is 16.0 Å². The zero-order chi connectivity index (χ0) is 12.5. The average molecular weight is 235 g/mol. The first-order valence-electron chi connectivity index (χ1n) is 5.63. The molecule has 1 aliphatic heterocycles. The first kappa shape index (κ1) is 11.8. The minimum absolute atomic E-state index is 0.00243. The van der Waals surface area contributed by atoms with Crippen molar-refractivity contribution in [2.24, 2.45) is 5.73 Å². The Morgan fingerprint density at radius 2 is 2.18 bits per heavy atom. The molecule has 1 aromatic heterocycles. The van der Waals surface area contributed by atoms with Gasteiger partial charge in [0.2, 0.25) is 5.91 Å². The fourth-order valence-corrected chi connectivity index (χ4v) is 2.00. The van der Waals surface area contributed by atoms with Gasteiger partial charge in [-0.3, -0.25) is 9.78 Å². The van der Waals surface area contributed by atoms with Crippen LogP contribution in [0.1, 0.15) is 19.5 Å². The summed E-state index contributed by atoms with van der Waals surface area (Å²) in [7, 11) is 0. The second-order valence-corrected chi connectivity index (χ2v) is 4.50. The third kappa shape index (κ3) is 1.95. The Morgan fingerprint density at radius 3 is 2.88 bits per heavy atom. The van der Waals surface area contributed by atoms with E-state index in [1.807, 2.05) is 18.7 Å². The van der Waals surface area contributed by atoms with Gasteiger partial charge in [-0.25, -0.2) is 4.98 Å². The number of piperazine rings is 1. The topological polar surface area (TPSA) is 84.1 Å². The third-order valence-corrected chi connectivity index (χ3v) is 3.05. The summed E-state index contributed by atoms with van der Waals surface area (Å²) in [5.41, 5.74) is 5.74. The highest BCUT2D eigenvalue weighted by molar-refractivity contribution is 5.90. The zero-order valence-corrected chi connectivity index (χ0v) is 10.1. The summed E-state index contributed by atoms with van der Waals surface area (Å²) in [5, 5.41) is 2.85. The van der Waals surface area contributed by atoms with Crippen molar-refractivity contribution in [3.8, 4) is 0 Å². The molecule has 0 aliphatic carbocycles. The first-order chi connectivity index (χ1) is 8.07. The summed E-state index contributed by atoms with van der Waals surface area (Å²) in [4.78, 5) is 22.3. The standard InChI is InChI=1S/C11H17N5O/c1-11(2)10(17)15-5-6-16(11)9-8(7-12)13-3-4-14-9/h3-4H,5-7,12H2,1-2H3,(H,15,17). The number of carbonyl (C=O) groups excluding carboxylic acids is 1. The predicted molar refractivity (Wildman–Crippen MR) is 64.4 cm³/mol. The van der Waals surface area contributed by atoms with Crippen LogP contribution in [0.5, 0.6) is 0 Å². The molecule has 1 amide bonds. The van der Waals surface area contributed by atoms with Crippen molar-refractivity contribution in [2.75, 3.05) is 18.0 Å². The summed E-state index contributed by atoms with van der Waals surface area (Å²) >= 11 is 0. The average Bonchev–Trinajstić information content (AvgIpc) is 2.33. The molecule has 0 unspecified atom stereocenters. The van der Waals surface area contributed by atoms with Gasteiger partial charge in [0.25, 0.3) is 0 Å². The maximum absolute atomic E-state index is 11.9. The van der Waals surface area contributed by atoms with Crippen LogP contribution in [-0.4, -0.2) is 34.5 Å². The minimum Gasteiger partial charge on any atom is -0.352 e. The minimum atomic E-state index is -0.627. The molecule has 0 radical (unpaired) electrons. The van der Waals surface area contributed by atoms with Gasteiger partial charge in [0.1, 0.15) is 5.54 Å². The highest BCUT2D eigenvalue weighted by Crippen LogP contribution is 2.25. The highest BCUT2D eigenvalue weighted by Gasteiger charge is 2.39. The summed E-state index contributed by atoms with van der Waals surface area (Å²) < 4.78 is 0. The zero-order valence-electron chi connectivity index (χ0n) is 10.1. The molecule has 6 nitrogen and oxygen atoms in total. The van der Waals surface area contributed by atoms with E-state index in [-0.39, 0.29) is 5.91 Å². The van der Waals surface area contributed by atoms with E-state index in [2.05, 4.69) is 15.3 Å². The number of amides is 1. The van der Waals surface area contributed by atoms with Crippen LogP contribution in [0.2, 0.25) is 0 Å². The Kier molecular flexibility index (Phi) is 2.97. The molecule has 0 saturated carbocycles. The smallest absolute Gasteiger partial charge is 0.245 e. The lowest BCUT2D eigenvalue weighted by Gasteiger charge is -2.42. The Balaban J connectivity index is 2.41. The molecule has 1 aliphatic rings. The van der Waals surface area contributed by atoms with E-state index < -0.39 is 5.54 Å². The molecule has 1 aromatic rings. The maximum Gasteiger partial charge on any atom is 0.245 e. The molecule has 1 fully saturated rings. The lowest BCUT2D eigenvalue weighted by molar-refractivity contribution is -0.126. The van der Waals surface area contributed by atoms with Crippen molar-refractivity contribution >= 4 is 11.7 Å². The number of nitrogens with one attached hydrogen (secondary N) is 1. The molecule has 17 heavy (non-hydrogen) atoms. The van der Waals surface area contributed by atoms with Crippen molar-refractivity contribution in [2.45, 2.75) is 25.9 Å². The fourth-order valence-electron chi connectivity index (χ4n) is 2.00. The number of hydrogen-bond acceptors (Lipinski definition) is 5. The van der Waals surface area contributed by atoms with E-state index in [9.17, 15) is 4.79 Å². The second-order valence-electron chi connectivity index (χ2n) is 4.50. The molecule has 2 heterocycles. The van der Waals surface area contributed by atoms with Crippen LogP contribution >= 0.6 is 0 Å². The van der Waals surface area contributed by atoms with Gasteiger partial charge < -0.3 is 16.0 Å². The normalized spacial score (nSPS) is 19.0. The lowest BCUT2D eigenvalue weighted by Crippen LogP contribution is -2.62. The molecular formula is C11H17N5O. The van der Waals surface area contributed by atoms with E-state index in [4.69, 9.17) is 5.73 Å². The van der Waals surface area contributed by atoms with Crippen molar-refractivity contribution in [1.29, 1.82) is 0 Å². The van der Waals surface area contributed by atoms with E-state index in [1.54, 1.807) is 12.4 Å². The maximum atomic E-state index is 11.9. The van der Waals surface area contributed by atoms with Crippen LogP contribution in [-0.2, 0) is 11.3 Å². The van der Waals surface area contributed by atoms with Gasteiger partial charge in [-0.1, -0.05) is 0 Å². The molecular weight excluding hydrogens is 218 g/mol.